The Morgan fingerprint density at radius 1 is 1.10 bits per heavy atom. The first kappa shape index (κ1) is 13.3. The van der Waals surface area contributed by atoms with Gasteiger partial charge in [0, 0.05) is 13.0 Å². The quantitative estimate of drug-likeness (QED) is 0.453. The maximum absolute atomic E-state index is 12.3. The molecule has 1 saturated heterocycles. The van der Waals surface area contributed by atoms with E-state index in [2.05, 4.69) is 12.2 Å². The second kappa shape index (κ2) is 5.04. The minimum Gasteiger partial charge on any atom is -0.481 e. The van der Waals surface area contributed by atoms with E-state index in [4.69, 9.17) is 5.11 Å². The average molecular weight is 277 g/mol. The van der Waals surface area contributed by atoms with Crippen LogP contribution in [0.3, 0.4) is 0 Å². The lowest BCUT2D eigenvalue weighted by atomic mass is 9.85. The van der Waals surface area contributed by atoms with E-state index in [1.165, 1.54) is 4.90 Å². The van der Waals surface area contributed by atoms with Gasteiger partial charge in [-0.3, -0.25) is 19.3 Å². The predicted molar refractivity (Wildman–Crippen MR) is 70.5 cm³/mol. The minimum atomic E-state index is -0.796. The Kier molecular flexibility index (Phi) is 3.36. The standard InChI is InChI=1S/C15H19NO4/c17-11(18)4-2-1-3-7-16-14(19)12-9-5-6-10(8-9)13(12)15(16)20/h5-6,9-10,12-13H,1-4,7-8H2,(H,17,18)/t9-,10+,12+,13-. The van der Waals surface area contributed by atoms with E-state index in [0.29, 0.717) is 19.4 Å². The fourth-order valence-corrected chi connectivity index (χ4v) is 3.91. The number of hydrogen-bond acceptors (Lipinski definition) is 3. The van der Waals surface area contributed by atoms with Gasteiger partial charge < -0.3 is 5.11 Å². The highest BCUT2D eigenvalue weighted by atomic mass is 16.4. The fraction of sp³-hybridized carbons (Fsp3) is 0.667. The normalized spacial score (nSPS) is 34.1. The Labute approximate surface area is 117 Å². The Morgan fingerprint density at radius 3 is 2.25 bits per heavy atom. The van der Waals surface area contributed by atoms with Crippen LogP contribution in [-0.2, 0) is 14.4 Å². The van der Waals surface area contributed by atoms with Crippen LogP contribution < -0.4 is 0 Å². The lowest BCUT2D eigenvalue weighted by Crippen LogP contribution is -2.33. The number of carbonyl (C=O) groups is 3. The lowest BCUT2D eigenvalue weighted by Gasteiger charge is -2.16. The number of hydrogen-bond donors (Lipinski definition) is 1. The molecule has 0 spiro atoms. The summed E-state index contributed by atoms with van der Waals surface area (Å²) in [7, 11) is 0. The zero-order chi connectivity index (χ0) is 14.3. The molecule has 2 amide bonds. The summed E-state index contributed by atoms with van der Waals surface area (Å²) < 4.78 is 0. The fourth-order valence-electron chi connectivity index (χ4n) is 3.91. The van der Waals surface area contributed by atoms with E-state index >= 15 is 0 Å². The summed E-state index contributed by atoms with van der Waals surface area (Å²) in [5.74, 6) is -0.509. The molecule has 1 saturated carbocycles. The van der Waals surface area contributed by atoms with Crippen molar-refractivity contribution in [3.8, 4) is 0 Å². The maximum atomic E-state index is 12.3. The first-order valence-corrected chi connectivity index (χ1v) is 7.35. The van der Waals surface area contributed by atoms with Gasteiger partial charge in [-0.2, -0.15) is 0 Å². The number of allylic oxidation sites excluding steroid dienone is 2. The van der Waals surface area contributed by atoms with Crippen LogP contribution in [-0.4, -0.2) is 34.3 Å². The molecule has 2 fully saturated rings. The number of unbranched alkanes of at least 4 members (excludes halogenated alkanes) is 2. The van der Waals surface area contributed by atoms with E-state index in [0.717, 1.165) is 12.8 Å². The summed E-state index contributed by atoms with van der Waals surface area (Å²) in [5, 5.41) is 8.56. The Bertz CT molecular complexity index is 454. The van der Waals surface area contributed by atoms with Gasteiger partial charge in [-0.15, -0.1) is 0 Å². The van der Waals surface area contributed by atoms with Crippen LogP contribution in [0, 0.1) is 23.7 Å². The van der Waals surface area contributed by atoms with Crippen LogP contribution in [0.5, 0.6) is 0 Å². The summed E-state index contributed by atoms with van der Waals surface area (Å²) in [6.07, 6.45) is 7.34. The molecular weight excluding hydrogens is 258 g/mol. The summed E-state index contributed by atoms with van der Waals surface area (Å²) in [4.78, 5) is 36.5. The lowest BCUT2D eigenvalue weighted by molar-refractivity contribution is -0.141. The summed E-state index contributed by atoms with van der Waals surface area (Å²) in [5.41, 5.74) is 0. The molecule has 3 rings (SSSR count). The maximum Gasteiger partial charge on any atom is 0.303 e. The predicted octanol–water partition coefficient (Wildman–Crippen LogP) is 1.44. The van der Waals surface area contributed by atoms with Gasteiger partial charge in [0.15, 0.2) is 0 Å². The van der Waals surface area contributed by atoms with Crippen molar-refractivity contribution in [3.63, 3.8) is 0 Å². The third-order valence-corrected chi connectivity index (χ3v) is 4.83. The molecule has 4 atom stereocenters. The summed E-state index contributed by atoms with van der Waals surface area (Å²) >= 11 is 0. The number of carbonyl (C=O) groups excluding carboxylic acids is 2. The third kappa shape index (κ3) is 2.05. The van der Waals surface area contributed by atoms with Crippen LogP contribution in [0.1, 0.15) is 32.1 Å². The summed E-state index contributed by atoms with van der Waals surface area (Å²) in [6.45, 7) is 0.448. The van der Waals surface area contributed by atoms with Crippen molar-refractivity contribution in [1.29, 1.82) is 0 Å². The van der Waals surface area contributed by atoms with E-state index < -0.39 is 5.97 Å². The topological polar surface area (TPSA) is 74.7 Å². The molecule has 2 aliphatic carbocycles. The smallest absolute Gasteiger partial charge is 0.303 e. The summed E-state index contributed by atoms with van der Waals surface area (Å²) in [6, 6.07) is 0. The van der Waals surface area contributed by atoms with E-state index in [-0.39, 0.29) is 41.9 Å². The highest BCUT2D eigenvalue weighted by molar-refractivity contribution is 6.06. The van der Waals surface area contributed by atoms with Gasteiger partial charge in [-0.1, -0.05) is 18.6 Å². The number of aliphatic carboxylic acids is 1. The van der Waals surface area contributed by atoms with Crippen molar-refractivity contribution in [2.75, 3.05) is 6.54 Å². The molecule has 5 heteroatoms. The zero-order valence-corrected chi connectivity index (χ0v) is 11.3. The molecule has 1 N–H and O–H groups in total. The van der Waals surface area contributed by atoms with Crippen LogP contribution in [0.4, 0.5) is 0 Å². The largest absolute Gasteiger partial charge is 0.481 e. The Morgan fingerprint density at radius 2 is 1.70 bits per heavy atom. The number of amides is 2. The minimum absolute atomic E-state index is 0.00455. The van der Waals surface area contributed by atoms with Gasteiger partial charge >= 0.3 is 5.97 Å². The molecule has 5 nitrogen and oxygen atoms in total. The monoisotopic (exact) mass is 277 g/mol. The van der Waals surface area contributed by atoms with Crippen molar-refractivity contribution >= 4 is 17.8 Å². The third-order valence-electron chi connectivity index (χ3n) is 4.83. The first-order chi connectivity index (χ1) is 9.59. The molecule has 0 aromatic heterocycles. The van der Waals surface area contributed by atoms with E-state index in [1.54, 1.807) is 0 Å². The number of carboxylic acids is 1. The second-order valence-corrected chi connectivity index (χ2v) is 6.03. The molecule has 0 unspecified atom stereocenters. The number of fused-ring (bicyclic) bond motifs is 5. The number of carboxylic acid groups (broad SMARTS) is 1. The highest BCUT2D eigenvalue weighted by Crippen LogP contribution is 2.52. The SMILES string of the molecule is O=C(O)CCCCCN1C(=O)[C@@H]2[C@H](C1=O)[C@H]1C=C[C@@H]2C1. The van der Waals surface area contributed by atoms with E-state index in [1.807, 2.05) is 0 Å². The van der Waals surface area contributed by atoms with Crippen molar-refractivity contribution in [2.45, 2.75) is 32.1 Å². The van der Waals surface area contributed by atoms with Crippen LogP contribution in [0.15, 0.2) is 12.2 Å². The van der Waals surface area contributed by atoms with Crippen molar-refractivity contribution in [1.82, 2.24) is 4.90 Å². The number of rotatable bonds is 6. The zero-order valence-electron chi connectivity index (χ0n) is 11.3. The van der Waals surface area contributed by atoms with Crippen LogP contribution >= 0.6 is 0 Å². The molecule has 1 heterocycles. The van der Waals surface area contributed by atoms with Gasteiger partial charge in [-0.05, 0) is 31.1 Å². The highest BCUT2D eigenvalue weighted by Gasteiger charge is 2.58. The molecule has 20 heavy (non-hydrogen) atoms. The second-order valence-electron chi connectivity index (χ2n) is 6.03. The van der Waals surface area contributed by atoms with Crippen molar-refractivity contribution < 1.29 is 19.5 Å². The molecule has 108 valence electrons. The van der Waals surface area contributed by atoms with Gasteiger partial charge in [-0.25, -0.2) is 0 Å². The number of nitrogens with zero attached hydrogens (tertiary/aromatic N) is 1. The van der Waals surface area contributed by atoms with Crippen LogP contribution in [0.2, 0.25) is 0 Å². The van der Waals surface area contributed by atoms with Gasteiger partial charge in [0.1, 0.15) is 0 Å². The number of imide groups is 1. The Balaban J connectivity index is 1.53. The van der Waals surface area contributed by atoms with Crippen LogP contribution in [0.25, 0.3) is 0 Å². The average Bonchev–Trinajstić information content (AvgIpc) is 3.06. The number of likely N-dealkylation sites (tertiary alicyclic amines) is 1. The Hall–Kier alpha value is -1.65. The molecule has 0 radical (unpaired) electrons. The van der Waals surface area contributed by atoms with E-state index in [9.17, 15) is 14.4 Å². The molecule has 0 aromatic rings. The molecule has 2 bridgehead atoms. The molecule has 0 aromatic carbocycles. The van der Waals surface area contributed by atoms with Crippen molar-refractivity contribution in [3.05, 3.63) is 12.2 Å². The molecular formula is C15H19NO4. The molecule has 3 aliphatic rings. The van der Waals surface area contributed by atoms with Gasteiger partial charge in [0.05, 0.1) is 11.8 Å². The van der Waals surface area contributed by atoms with Crippen molar-refractivity contribution in [2.24, 2.45) is 23.7 Å². The first-order valence-electron chi connectivity index (χ1n) is 7.35. The van der Waals surface area contributed by atoms with Gasteiger partial charge in [0.2, 0.25) is 11.8 Å². The van der Waals surface area contributed by atoms with Gasteiger partial charge in [0.25, 0.3) is 0 Å². The molecule has 1 aliphatic heterocycles.